The lowest BCUT2D eigenvalue weighted by Gasteiger charge is -2.35. The predicted octanol–water partition coefficient (Wildman–Crippen LogP) is 2.40. The second kappa shape index (κ2) is 6.90. The van der Waals surface area contributed by atoms with Crippen molar-refractivity contribution in [1.82, 2.24) is 15.4 Å². The summed E-state index contributed by atoms with van der Waals surface area (Å²) < 4.78 is 19.7. The van der Waals surface area contributed by atoms with Crippen LogP contribution >= 0.6 is 0 Å². The van der Waals surface area contributed by atoms with E-state index in [1.54, 1.807) is 12.1 Å². The highest BCUT2D eigenvalue weighted by Gasteiger charge is 2.38. The van der Waals surface area contributed by atoms with E-state index < -0.39 is 11.9 Å². The van der Waals surface area contributed by atoms with Crippen LogP contribution in [-0.2, 0) is 17.6 Å². The standard InChI is InChI=1S/C19H20FN3O3/c20-14-8-5-4-6-12(14)17-18(24)21-10-11-23(17)19(25)16-13-7-2-1-3-9-15(13)26-22-16/h4-6,8,17H,1-3,7,9-11H2,(H,21,24). The van der Waals surface area contributed by atoms with Gasteiger partial charge in [-0.1, -0.05) is 29.8 Å². The van der Waals surface area contributed by atoms with Gasteiger partial charge < -0.3 is 14.7 Å². The Bertz CT molecular complexity index is 848. The first kappa shape index (κ1) is 16.8. The number of piperazine rings is 1. The minimum absolute atomic E-state index is 0.188. The van der Waals surface area contributed by atoms with Crippen LogP contribution in [0.1, 0.15) is 52.7 Å². The highest BCUT2D eigenvalue weighted by molar-refractivity contribution is 5.98. The van der Waals surface area contributed by atoms with Gasteiger partial charge in [-0.2, -0.15) is 0 Å². The van der Waals surface area contributed by atoms with Gasteiger partial charge in [-0.15, -0.1) is 0 Å². The van der Waals surface area contributed by atoms with Gasteiger partial charge in [-0.25, -0.2) is 4.39 Å². The fourth-order valence-electron chi connectivity index (χ4n) is 3.76. The number of benzene rings is 1. The van der Waals surface area contributed by atoms with Crippen molar-refractivity contribution < 1.29 is 18.5 Å². The molecule has 1 aliphatic heterocycles. The SMILES string of the molecule is O=C1NCCN(C(=O)c2noc3c2CCCCC3)C1c1ccccc1F. The van der Waals surface area contributed by atoms with Crippen molar-refractivity contribution >= 4 is 11.8 Å². The molecular weight excluding hydrogens is 337 g/mol. The Morgan fingerprint density at radius 1 is 1.23 bits per heavy atom. The van der Waals surface area contributed by atoms with Crippen LogP contribution in [0.4, 0.5) is 4.39 Å². The molecule has 26 heavy (non-hydrogen) atoms. The highest BCUT2D eigenvalue weighted by Crippen LogP contribution is 2.30. The number of fused-ring (bicyclic) bond motifs is 1. The predicted molar refractivity (Wildman–Crippen MR) is 90.9 cm³/mol. The van der Waals surface area contributed by atoms with Crippen LogP contribution in [-0.4, -0.2) is 35.0 Å². The van der Waals surface area contributed by atoms with E-state index in [9.17, 15) is 14.0 Å². The third-order valence-corrected chi connectivity index (χ3v) is 5.08. The van der Waals surface area contributed by atoms with Gasteiger partial charge >= 0.3 is 0 Å². The smallest absolute Gasteiger partial charge is 0.277 e. The number of amides is 2. The van der Waals surface area contributed by atoms with Gasteiger partial charge in [0, 0.05) is 30.6 Å². The summed E-state index contributed by atoms with van der Waals surface area (Å²) in [4.78, 5) is 27.0. The summed E-state index contributed by atoms with van der Waals surface area (Å²) in [5.41, 5.74) is 1.29. The van der Waals surface area contributed by atoms with Crippen molar-refractivity contribution in [3.63, 3.8) is 0 Å². The molecule has 0 saturated carbocycles. The van der Waals surface area contributed by atoms with Gasteiger partial charge in [-0.3, -0.25) is 9.59 Å². The largest absolute Gasteiger partial charge is 0.360 e. The molecule has 1 aliphatic carbocycles. The first-order chi connectivity index (χ1) is 12.7. The monoisotopic (exact) mass is 357 g/mol. The Balaban J connectivity index is 1.71. The second-order valence-electron chi connectivity index (χ2n) is 6.71. The zero-order valence-corrected chi connectivity index (χ0v) is 14.3. The third-order valence-electron chi connectivity index (χ3n) is 5.08. The van der Waals surface area contributed by atoms with Crippen LogP contribution in [0.25, 0.3) is 0 Å². The number of hydrogen-bond donors (Lipinski definition) is 1. The van der Waals surface area contributed by atoms with E-state index in [1.165, 1.54) is 17.0 Å². The van der Waals surface area contributed by atoms with Gasteiger partial charge in [0.05, 0.1) is 0 Å². The number of halogens is 1. The summed E-state index contributed by atoms with van der Waals surface area (Å²) in [6.45, 7) is 0.626. The molecule has 4 rings (SSSR count). The molecule has 1 aromatic heterocycles. The summed E-state index contributed by atoms with van der Waals surface area (Å²) in [6, 6.07) is 5.04. The first-order valence-electron chi connectivity index (χ1n) is 8.97. The van der Waals surface area contributed by atoms with Gasteiger partial charge in [0.25, 0.3) is 5.91 Å². The molecular formula is C19H20FN3O3. The lowest BCUT2D eigenvalue weighted by atomic mass is 10.00. The average molecular weight is 357 g/mol. The topological polar surface area (TPSA) is 75.4 Å². The van der Waals surface area contributed by atoms with Crippen molar-refractivity contribution in [2.75, 3.05) is 13.1 Å². The Hall–Kier alpha value is -2.70. The van der Waals surface area contributed by atoms with E-state index in [0.717, 1.165) is 43.4 Å². The van der Waals surface area contributed by atoms with Crippen LogP contribution in [0.15, 0.2) is 28.8 Å². The number of carbonyl (C=O) groups is 2. The van der Waals surface area contributed by atoms with Gasteiger partial charge in [0.15, 0.2) is 5.69 Å². The summed E-state index contributed by atoms with van der Waals surface area (Å²) in [6.07, 6.45) is 4.59. The summed E-state index contributed by atoms with van der Waals surface area (Å²) in [7, 11) is 0. The maximum Gasteiger partial charge on any atom is 0.277 e. The molecule has 136 valence electrons. The number of carbonyl (C=O) groups excluding carboxylic acids is 2. The summed E-state index contributed by atoms with van der Waals surface area (Å²) in [5, 5.41) is 6.72. The molecule has 2 heterocycles. The van der Waals surface area contributed by atoms with Crippen LogP contribution in [0.3, 0.4) is 0 Å². The molecule has 0 radical (unpaired) electrons. The van der Waals surface area contributed by atoms with Crippen LogP contribution in [0.2, 0.25) is 0 Å². The number of nitrogens with one attached hydrogen (secondary N) is 1. The Morgan fingerprint density at radius 2 is 2.04 bits per heavy atom. The number of rotatable bonds is 2. The molecule has 2 aliphatic rings. The van der Waals surface area contributed by atoms with Gasteiger partial charge in [-0.05, 0) is 25.3 Å². The van der Waals surface area contributed by atoms with E-state index in [-0.39, 0.29) is 23.1 Å². The van der Waals surface area contributed by atoms with Gasteiger partial charge in [0.2, 0.25) is 5.91 Å². The number of aryl methyl sites for hydroxylation is 1. The van der Waals surface area contributed by atoms with E-state index in [2.05, 4.69) is 10.5 Å². The van der Waals surface area contributed by atoms with E-state index in [0.29, 0.717) is 13.1 Å². The molecule has 1 unspecified atom stereocenters. The minimum Gasteiger partial charge on any atom is -0.360 e. The van der Waals surface area contributed by atoms with Crippen LogP contribution < -0.4 is 5.32 Å². The Morgan fingerprint density at radius 3 is 2.88 bits per heavy atom. The van der Waals surface area contributed by atoms with E-state index >= 15 is 0 Å². The zero-order chi connectivity index (χ0) is 18.1. The summed E-state index contributed by atoms with van der Waals surface area (Å²) in [5.74, 6) is -0.509. The molecule has 1 saturated heterocycles. The molecule has 1 fully saturated rings. The van der Waals surface area contributed by atoms with Crippen molar-refractivity contribution in [2.24, 2.45) is 0 Å². The maximum absolute atomic E-state index is 14.3. The van der Waals surface area contributed by atoms with Crippen LogP contribution in [0.5, 0.6) is 0 Å². The minimum atomic E-state index is -1.00. The number of nitrogens with zero attached hydrogens (tertiary/aromatic N) is 2. The van der Waals surface area contributed by atoms with E-state index in [1.807, 2.05) is 0 Å². The third kappa shape index (κ3) is 2.87. The molecule has 6 nitrogen and oxygen atoms in total. The Kier molecular flexibility index (Phi) is 4.44. The maximum atomic E-state index is 14.3. The van der Waals surface area contributed by atoms with Crippen LogP contribution in [0, 0.1) is 5.82 Å². The molecule has 1 N–H and O–H groups in total. The van der Waals surface area contributed by atoms with Gasteiger partial charge in [0.1, 0.15) is 17.6 Å². The first-order valence-corrected chi connectivity index (χ1v) is 8.97. The van der Waals surface area contributed by atoms with Crippen molar-refractivity contribution in [3.8, 4) is 0 Å². The molecule has 1 atom stereocenters. The molecule has 0 bridgehead atoms. The molecule has 2 aromatic rings. The zero-order valence-electron chi connectivity index (χ0n) is 14.3. The molecule has 1 aromatic carbocycles. The molecule has 0 spiro atoms. The average Bonchev–Trinajstić information content (AvgIpc) is 2.90. The lowest BCUT2D eigenvalue weighted by molar-refractivity contribution is -0.128. The normalized spacial score (nSPS) is 20.3. The number of aromatic nitrogens is 1. The van der Waals surface area contributed by atoms with Crippen molar-refractivity contribution in [1.29, 1.82) is 0 Å². The molecule has 2 amide bonds. The quantitative estimate of drug-likeness (QED) is 0.838. The fourth-order valence-corrected chi connectivity index (χ4v) is 3.76. The van der Waals surface area contributed by atoms with Crippen molar-refractivity contribution in [2.45, 2.75) is 38.1 Å². The Labute approximate surface area is 150 Å². The van der Waals surface area contributed by atoms with E-state index in [4.69, 9.17) is 4.52 Å². The molecule has 7 heteroatoms. The number of hydrogen-bond acceptors (Lipinski definition) is 4. The second-order valence-corrected chi connectivity index (χ2v) is 6.71. The fraction of sp³-hybridized carbons (Fsp3) is 0.421. The highest BCUT2D eigenvalue weighted by atomic mass is 19.1. The summed E-state index contributed by atoms with van der Waals surface area (Å²) >= 11 is 0. The van der Waals surface area contributed by atoms with Crippen molar-refractivity contribution in [3.05, 3.63) is 52.7 Å². The lowest BCUT2D eigenvalue weighted by Crippen LogP contribution is -2.52.